The fourth-order valence-corrected chi connectivity index (χ4v) is 3.87. The molecule has 2 heterocycles. The Balaban J connectivity index is 1.55. The van der Waals surface area contributed by atoms with Crippen LogP contribution >= 0.6 is 0 Å². The number of rotatable bonds is 7. The van der Waals surface area contributed by atoms with Crippen molar-refractivity contribution in [2.45, 2.75) is 39.0 Å². The van der Waals surface area contributed by atoms with Crippen LogP contribution in [0.15, 0.2) is 40.8 Å². The first kappa shape index (κ1) is 18.6. The number of furan rings is 1. The number of nitro groups is 1. The predicted octanol–water partition coefficient (Wildman–Crippen LogP) is 5.16. The fourth-order valence-electron chi connectivity index (χ4n) is 3.87. The monoisotopic (exact) mass is 356 g/mol. The van der Waals surface area contributed by atoms with E-state index in [1.54, 1.807) is 18.2 Å². The summed E-state index contributed by atoms with van der Waals surface area (Å²) in [4.78, 5) is 13.2. The highest BCUT2D eigenvalue weighted by atomic mass is 16.6. The molecule has 1 aliphatic rings. The van der Waals surface area contributed by atoms with Crippen LogP contribution in [0.4, 0.5) is 5.69 Å². The van der Waals surface area contributed by atoms with Gasteiger partial charge in [-0.15, -0.1) is 0 Å². The summed E-state index contributed by atoms with van der Waals surface area (Å²) in [5, 5.41) is 11.2. The highest BCUT2D eigenvalue weighted by Gasteiger charge is 2.20. The van der Waals surface area contributed by atoms with Crippen LogP contribution in [0.5, 0.6) is 0 Å². The number of likely N-dealkylation sites (tertiary alicyclic amines) is 1. The van der Waals surface area contributed by atoms with Gasteiger partial charge in [-0.05, 0) is 75.9 Å². The standard InChI is InChI=1S/C21H28N2O3/c1-16(15-17-11-13-22(2)14-12-17)7-8-18-9-10-21(26-18)19-5-3-4-6-20(19)23(24)25/h3-6,9-10,16-17H,7-8,11-15H2,1-2H3. The van der Waals surface area contributed by atoms with Crippen molar-refractivity contribution in [3.8, 4) is 11.3 Å². The molecule has 1 saturated heterocycles. The molecule has 2 aromatic rings. The Bertz CT molecular complexity index is 732. The molecule has 1 fully saturated rings. The average Bonchev–Trinajstić information content (AvgIpc) is 3.11. The molecule has 1 unspecified atom stereocenters. The van der Waals surface area contributed by atoms with E-state index in [1.807, 2.05) is 12.1 Å². The lowest BCUT2D eigenvalue weighted by molar-refractivity contribution is -0.384. The summed E-state index contributed by atoms with van der Waals surface area (Å²) in [5.74, 6) is 3.01. The van der Waals surface area contributed by atoms with Gasteiger partial charge in [0.05, 0.1) is 10.5 Å². The van der Waals surface area contributed by atoms with Gasteiger partial charge in [-0.25, -0.2) is 0 Å². The van der Waals surface area contributed by atoms with Crippen LogP contribution in [0.3, 0.4) is 0 Å². The van der Waals surface area contributed by atoms with E-state index < -0.39 is 0 Å². The summed E-state index contributed by atoms with van der Waals surface area (Å²) in [5.41, 5.74) is 0.632. The molecule has 0 amide bonds. The summed E-state index contributed by atoms with van der Waals surface area (Å²) >= 11 is 0. The molecule has 26 heavy (non-hydrogen) atoms. The van der Waals surface area contributed by atoms with Crippen LogP contribution in [0.25, 0.3) is 11.3 Å². The van der Waals surface area contributed by atoms with Crippen molar-refractivity contribution in [1.29, 1.82) is 0 Å². The minimum Gasteiger partial charge on any atom is -0.461 e. The molecule has 1 atom stereocenters. The zero-order valence-electron chi connectivity index (χ0n) is 15.7. The molecule has 0 aliphatic carbocycles. The molecule has 0 N–H and O–H groups in total. The zero-order valence-corrected chi connectivity index (χ0v) is 15.7. The average molecular weight is 356 g/mol. The van der Waals surface area contributed by atoms with Gasteiger partial charge < -0.3 is 9.32 Å². The Morgan fingerprint density at radius 1 is 1.23 bits per heavy atom. The maximum absolute atomic E-state index is 11.2. The maximum Gasteiger partial charge on any atom is 0.280 e. The minimum absolute atomic E-state index is 0.0871. The first-order valence-electron chi connectivity index (χ1n) is 9.54. The van der Waals surface area contributed by atoms with E-state index in [9.17, 15) is 10.1 Å². The van der Waals surface area contributed by atoms with Gasteiger partial charge in [-0.1, -0.05) is 19.1 Å². The molecular formula is C21H28N2O3. The van der Waals surface area contributed by atoms with Crippen LogP contribution in [0.1, 0.15) is 38.4 Å². The number of aryl methyl sites for hydroxylation is 1. The predicted molar refractivity (Wildman–Crippen MR) is 103 cm³/mol. The summed E-state index contributed by atoms with van der Waals surface area (Å²) in [6, 6.07) is 10.5. The van der Waals surface area contributed by atoms with E-state index in [2.05, 4.69) is 18.9 Å². The summed E-state index contributed by atoms with van der Waals surface area (Å²) < 4.78 is 5.90. The second-order valence-corrected chi connectivity index (χ2v) is 7.67. The lowest BCUT2D eigenvalue weighted by atomic mass is 9.86. The molecule has 1 aromatic carbocycles. The number of benzene rings is 1. The number of hydrogen-bond donors (Lipinski definition) is 0. The Hall–Kier alpha value is -2.14. The van der Waals surface area contributed by atoms with Crippen molar-refractivity contribution in [3.05, 3.63) is 52.3 Å². The smallest absolute Gasteiger partial charge is 0.280 e. The van der Waals surface area contributed by atoms with Crippen molar-refractivity contribution in [1.82, 2.24) is 4.90 Å². The Morgan fingerprint density at radius 3 is 2.69 bits per heavy atom. The van der Waals surface area contributed by atoms with Crippen molar-refractivity contribution < 1.29 is 9.34 Å². The van der Waals surface area contributed by atoms with Gasteiger partial charge >= 0.3 is 0 Å². The molecule has 1 aliphatic heterocycles. The van der Waals surface area contributed by atoms with Gasteiger partial charge in [0.1, 0.15) is 11.5 Å². The fraction of sp³-hybridized carbons (Fsp3) is 0.524. The van der Waals surface area contributed by atoms with E-state index in [0.29, 0.717) is 17.2 Å². The molecule has 0 radical (unpaired) electrons. The van der Waals surface area contributed by atoms with E-state index in [4.69, 9.17) is 4.42 Å². The Morgan fingerprint density at radius 2 is 1.96 bits per heavy atom. The van der Waals surface area contributed by atoms with Crippen molar-refractivity contribution >= 4 is 5.69 Å². The Labute approximate surface area is 155 Å². The van der Waals surface area contributed by atoms with Gasteiger partial charge in [0.2, 0.25) is 0 Å². The molecule has 0 saturated carbocycles. The summed E-state index contributed by atoms with van der Waals surface area (Å²) in [6.07, 6.45) is 5.88. The van der Waals surface area contributed by atoms with Crippen molar-refractivity contribution in [2.75, 3.05) is 20.1 Å². The van der Waals surface area contributed by atoms with Gasteiger partial charge in [0.15, 0.2) is 0 Å². The molecule has 5 nitrogen and oxygen atoms in total. The zero-order chi connectivity index (χ0) is 18.5. The first-order chi connectivity index (χ1) is 12.5. The number of para-hydroxylation sites is 1. The van der Waals surface area contributed by atoms with Crippen LogP contribution in [0.2, 0.25) is 0 Å². The summed E-state index contributed by atoms with van der Waals surface area (Å²) in [6.45, 7) is 4.76. The van der Waals surface area contributed by atoms with Crippen molar-refractivity contribution in [3.63, 3.8) is 0 Å². The SMILES string of the molecule is CC(CCc1ccc(-c2ccccc2[N+](=O)[O-])o1)CC1CCN(C)CC1. The topological polar surface area (TPSA) is 59.5 Å². The maximum atomic E-state index is 11.2. The van der Waals surface area contributed by atoms with Crippen molar-refractivity contribution in [2.24, 2.45) is 11.8 Å². The van der Waals surface area contributed by atoms with E-state index in [1.165, 1.54) is 38.4 Å². The highest BCUT2D eigenvalue weighted by Crippen LogP contribution is 2.32. The first-order valence-corrected chi connectivity index (χ1v) is 9.54. The quantitative estimate of drug-likeness (QED) is 0.508. The second kappa shape index (κ2) is 8.49. The Kier molecular flexibility index (Phi) is 6.09. The molecule has 1 aromatic heterocycles. The largest absolute Gasteiger partial charge is 0.461 e. The normalized spacial score (nSPS) is 17.3. The third-order valence-corrected chi connectivity index (χ3v) is 5.49. The van der Waals surface area contributed by atoms with E-state index >= 15 is 0 Å². The van der Waals surface area contributed by atoms with Crippen LogP contribution in [0, 0.1) is 22.0 Å². The summed E-state index contributed by atoms with van der Waals surface area (Å²) in [7, 11) is 2.20. The van der Waals surface area contributed by atoms with E-state index in [-0.39, 0.29) is 10.6 Å². The van der Waals surface area contributed by atoms with Gasteiger partial charge in [0, 0.05) is 12.5 Å². The molecule has 0 bridgehead atoms. The van der Waals surface area contributed by atoms with Crippen LogP contribution in [-0.4, -0.2) is 30.0 Å². The third kappa shape index (κ3) is 4.73. The van der Waals surface area contributed by atoms with Gasteiger partial charge in [-0.2, -0.15) is 0 Å². The minimum atomic E-state index is -0.360. The van der Waals surface area contributed by atoms with Crippen LogP contribution in [-0.2, 0) is 6.42 Å². The molecular weight excluding hydrogens is 328 g/mol. The number of hydrogen-bond acceptors (Lipinski definition) is 4. The lowest BCUT2D eigenvalue weighted by Gasteiger charge is -2.30. The number of piperidine rings is 1. The van der Waals surface area contributed by atoms with E-state index in [0.717, 1.165) is 24.5 Å². The highest BCUT2D eigenvalue weighted by molar-refractivity contribution is 5.69. The second-order valence-electron chi connectivity index (χ2n) is 7.67. The van der Waals surface area contributed by atoms with Crippen LogP contribution < -0.4 is 0 Å². The molecule has 5 heteroatoms. The number of nitrogens with zero attached hydrogens (tertiary/aromatic N) is 2. The van der Waals surface area contributed by atoms with Gasteiger partial charge in [0.25, 0.3) is 5.69 Å². The third-order valence-electron chi connectivity index (χ3n) is 5.49. The van der Waals surface area contributed by atoms with Gasteiger partial charge in [-0.3, -0.25) is 10.1 Å². The lowest BCUT2D eigenvalue weighted by Crippen LogP contribution is -2.30. The molecule has 3 rings (SSSR count). The number of nitro benzene ring substituents is 1. The molecule has 0 spiro atoms. The molecule has 140 valence electrons.